The molecule has 0 spiro atoms. The molecule has 0 bridgehead atoms. The molecule has 2 aromatic carbocycles. The maximum absolute atomic E-state index is 12.9. The van der Waals surface area contributed by atoms with Crippen molar-refractivity contribution in [1.29, 1.82) is 0 Å². The molecule has 154 valence electrons. The van der Waals surface area contributed by atoms with E-state index in [0.717, 1.165) is 21.3 Å². The number of nitrogens with zero attached hydrogens (tertiary/aromatic N) is 2. The van der Waals surface area contributed by atoms with Crippen molar-refractivity contribution in [2.24, 2.45) is 0 Å². The second-order valence-electron chi connectivity index (χ2n) is 6.97. The third-order valence-corrected chi connectivity index (χ3v) is 7.81. The fourth-order valence-electron chi connectivity index (χ4n) is 3.31. The van der Waals surface area contributed by atoms with Gasteiger partial charge in [-0.3, -0.25) is 10.1 Å². The summed E-state index contributed by atoms with van der Waals surface area (Å²) in [6.07, 6.45) is 0. The van der Waals surface area contributed by atoms with Crippen LogP contribution in [-0.2, 0) is 10.0 Å². The first-order chi connectivity index (χ1) is 13.7. The molecule has 1 amide bonds. The molecule has 0 unspecified atom stereocenters. The Morgan fingerprint density at radius 1 is 1.07 bits per heavy atom. The van der Waals surface area contributed by atoms with Gasteiger partial charge in [0, 0.05) is 18.7 Å². The topological polar surface area (TPSA) is 79.4 Å². The summed E-state index contributed by atoms with van der Waals surface area (Å²) in [5.74, 6) is -0.368. The van der Waals surface area contributed by atoms with Gasteiger partial charge in [0.1, 0.15) is 0 Å². The predicted octanol–water partition coefficient (Wildman–Crippen LogP) is 4.50. The molecular formula is C21H25N3O3S2. The molecule has 0 aliphatic heterocycles. The number of sulfonamides is 1. The molecule has 29 heavy (non-hydrogen) atoms. The molecule has 0 aliphatic rings. The number of anilines is 1. The van der Waals surface area contributed by atoms with E-state index in [4.69, 9.17) is 0 Å². The van der Waals surface area contributed by atoms with E-state index in [1.807, 2.05) is 19.9 Å². The van der Waals surface area contributed by atoms with Crippen LogP contribution in [0.5, 0.6) is 0 Å². The largest absolute Gasteiger partial charge is 0.298 e. The van der Waals surface area contributed by atoms with E-state index in [0.29, 0.717) is 29.3 Å². The van der Waals surface area contributed by atoms with Gasteiger partial charge in [-0.25, -0.2) is 13.4 Å². The number of carbonyl (C=O) groups excluding carboxylic acids is 1. The molecule has 0 fully saturated rings. The van der Waals surface area contributed by atoms with Crippen LogP contribution in [0.2, 0.25) is 0 Å². The van der Waals surface area contributed by atoms with Crippen LogP contribution >= 0.6 is 11.3 Å². The second kappa shape index (κ2) is 8.22. The lowest BCUT2D eigenvalue weighted by molar-refractivity contribution is 0.102. The highest BCUT2D eigenvalue weighted by Crippen LogP contribution is 2.30. The number of hydrogen-bond acceptors (Lipinski definition) is 5. The van der Waals surface area contributed by atoms with Crippen LogP contribution in [0.15, 0.2) is 35.2 Å². The number of hydrogen-bond donors (Lipinski definition) is 1. The number of benzene rings is 2. The van der Waals surface area contributed by atoms with Crippen molar-refractivity contribution in [1.82, 2.24) is 9.29 Å². The number of rotatable bonds is 6. The molecule has 0 radical (unpaired) electrons. The summed E-state index contributed by atoms with van der Waals surface area (Å²) in [6, 6.07) is 8.75. The zero-order valence-electron chi connectivity index (χ0n) is 17.2. The molecule has 0 aliphatic carbocycles. The zero-order chi connectivity index (χ0) is 21.3. The van der Waals surface area contributed by atoms with Crippen molar-refractivity contribution in [3.8, 4) is 0 Å². The van der Waals surface area contributed by atoms with Gasteiger partial charge in [0.25, 0.3) is 5.91 Å². The van der Waals surface area contributed by atoms with Gasteiger partial charge in [-0.05, 0) is 55.7 Å². The highest BCUT2D eigenvalue weighted by Gasteiger charge is 2.23. The first-order valence-electron chi connectivity index (χ1n) is 9.47. The van der Waals surface area contributed by atoms with Crippen molar-refractivity contribution in [3.05, 3.63) is 52.6 Å². The first-order valence-corrected chi connectivity index (χ1v) is 11.7. The van der Waals surface area contributed by atoms with Gasteiger partial charge < -0.3 is 0 Å². The minimum absolute atomic E-state index is 0.118. The normalized spacial score (nSPS) is 11.9. The minimum atomic E-state index is -3.64. The lowest BCUT2D eigenvalue weighted by Gasteiger charge is -2.19. The summed E-state index contributed by atoms with van der Waals surface area (Å²) < 4.78 is 28.0. The maximum Gasteiger partial charge on any atom is 0.257 e. The lowest BCUT2D eigenvalue weighted by Crippen LogP contribution is -2.30. The molecule has 6 nitrogen and oxygen atoms in total. The molecule has 0 saturated heterocycles. The van der Waals surface area contributed by atoms with Crippen LogP contribution < -0.4 is 5.32 Å². The Hall–Kier alpha value is -2.29. The summed E-state index contributed by atoms with van der Waals surface area (Å²) in [7, 11) is -3.64. The van der Waals surface area contributed by atoms with Crippen molar-refractivity contribution in [2.75, 3.05) is 18.4 Å². The van der Waals surface area contributed by atoms with Crippen molar-refractivity contribution in [2.45, 2.75) is 39.5 Å². The average molecular weight is 432 g/mol. The Kier molecular flexibility index (Phi) is 6.07. The molecule has 1 aromatic heterocycles. The van der Waals surface area contributed by atoms with Gasteiger partial charge in [0.15, 0.2) is 5.13 Å². The van der Waals surface area contributed by atoms with Gasteiger partial charge in [0.2, 0.25) is 10.0 Å². The quantitative estimate of drug-likeness (QED) is 0.623. The molecule has 3 rings (SSSR count). The van der Waals surface area contributed by atoms with Crippen LogP contribution in [0.4, 0.5) is 5.13 Å². The Labute approximate surface area is 175 Å². The van der Waals surface area contributed by atoms with E-state index < -0.39 is 10.0 Å². The minimum Gasteiger partial charge on any atom is -0.298 e. The molecule has 8 heteroatoms. The summed E-state index contributed by atoms with van der Waals surface area (Å²) in [6.45, 7) is 10.1. The van der Waals surface area contributed by atoms with Crippen LogP contribution in [0.1, 0.15) is 40.9 Å². The van der Waals surface area contributed by atoms with Gasteiger partial charge >= 0.3 is 0 Å². The maximum atomic E-state index is 12.9. The van der Waals surface area contributed by atoms with Crippen molar-refractivity contribution < 1.29 is 13.2 Å². The van der Waals surface area contributed by atoms with Gasteiger partial charge in [-0.2, -0.15) is 4.31 Å². The number of fused-ring (bicyclic) bond motifs is 1. The highest BCUT2D eigenvalue weighted by molar-refractivity contribution is 7.89. The van der Waals surface area contributed by atoms with Crippen LogP contribution in [0, 0.1) is 20.8 Å². The number of aryl methyl sites for hydroxylation is 3. The Morgan fingerprint density at radius 3 is 2.41 bits per heavy atom. The monoisotopic (exact) mass is 431 g/mol. The van der Waals surface area contributed by atoms with E-state index in [-0.39, 0.29) is 10.8 Å². The standard InChI is InChI=1S/C21H25N3O3S2/c1-6-24(7-2)29(26,27)16-9-8-14(4)17(12-16)20(25)23-21-22-19-15(5)10-13(3)11-18(19)28-21/h8-12H,6-7H2,1-5H3,(H,22,23,25). The molecular weight excluding hydrogens is 406 g/mol. The van der Waals surface area contributed by atoms with Gasteiger partial charge in [-0.15, -0.1) is 0 Å². The molecule has 3 aromatic rings. The Morgan fingerprint density at radius 2 is 1.76 bits per heavy atom. The van der Waals surface area contributed by atoms with Crippen LogP contribution in [0.3, 0.4) is 0 Å². The summed E-state index contributed by atoms with van der Waals surface area (Å²) >= 11 is 1.41. The summed E-state index contributed by atoms with van der Waals surface area (Å²) in [5.41, 5.74) is 4.09. The Bertz CT molecular complexity index is 1180. The second-order valence-corrected chi connectivity index (χ2v) is 9.94. The number of thiazole rings is 1. The zero-order valence-corrected chi connectivity index (χ0v) is 18.9. The number of nitrogens with one attached hydrogen (secondary N) is 1. The van der Waals surface area contributed by atoms with Crippen LogP contribution in [-0.4, -0.2) is 36.7 Å². The lowest BCUT2D eigenvalue weighted by atomic mass is 10.1. The fourth-order valence-corrected chi connectivity index (χ4v) is 5.83. The van der Waals surface area contributed by atoms with E-state index in [2.05, 4.69) is 16.4 Å². The van der Waals surface area contributed by atoms with Crippen LogP contribution in [0.25, 0.3) is 10.2 Å². The molecule has 0 atom stereocenters. The highest BCUT2D eigenvalue weighted by atomic mass is 32.2. The van der Waals surface area contributed by atoms with E-state index in [1.165, 1.54) is 21.7 Å². The first kappa shape index (κ1) is 21.4. The SMILES string of the molecule is CCN(CC)S(=O)(=O)c1ccc(C)c(C(=O)Nc2nc3c(C)cc(C)cc3s2)c1. The van der Waals surface area contributed by atoms with E-state index in [1.54, 1.807) is 32.9 Å². The Balaban J connectivity index is 1.95. The molecule has 0 saturated carbocycles. The third-order valence-electron chi connectivity index (χ3n) is 4.85. The van der Waals surface area contributed by atoms with Gasteiger partial charge in [-0.1, -0.05) is 37.3 Å². The molecule has 1 N–H and O–H groups in total. The van der Waals surface area contributed by atoms with E-state index >= 15 is 0 Å². The fraction of sp³-hybridized carbons (Fsp3) is 0.333. The predicted molar refractivity (Wildman–Crippen MR) is 118 cm³/mol. The number of aromatic nitrogens is 1. The summed E-state index contributed by atoms with van der Waals surface area (Å²) in [5, 5.41) is 3.33. The number of amides is 1. The van der Waals surface area contributed by atoms with Crippen molar-refractivity contribution >= 4 is 42.6 Å². The molecule has 1 heterocycles. The average Bonchev–Trinajstić information content (AvgIpc) is 3.05. The summed E-state index contributed by atoms with van der Waals surface area (Å²) in [4.78, 5) is 17.6. The number of carbonyl (C=O) groups is 1. The smallest absolute Gasteiger partial charge is 0.257 e. The van der Waals surface area contributed by atoms with Crippen molar-refractivity contribution in [3.63, 3.8) is 0 Å². The van der Waals surface area contributed by atoms with Gasteiger partial charge in [0.05, 0.1) is 15.1 Å². The third kappa shape index (κ3) is 4.19. The van der Waals surface area contributed by atoms with E-state index in [9.17, 15) is 13.2 Å².